The first-order chi connectivity index (χ1) is 17.6. The standard InChI is InChI=1S/C25H48NO10P/c1-3-5-7-9-11-13-15-17-24(29)34-18-21(27)19-35-37(32,33)36-20-22(25(30)31)26-23(28)16-14-12-10-8-6-4-2/h21-22,27H,3-20H2,1-2H3,(H,26,28)(H,30,31)(H,32,33). The Kier molecular flexibility index (Phi) is 21.5. The van der Waals surface area contributed by atoms with Crippen molar-refractivity contribution in [3.63, 3.8) is 0 Å². The van der Waals surface area contributed by atoms with Crippen LogP contribution in [0.25, 0.3) is 0 Å². The van der Waals surface area contributed by atoms with Gasteiger partial charge in [0.2, 0.25) is 5.91 Å². The molecular formula is C25H48NO10P. The average molecular weight is 554 g/mol. The molecule has 0 aliphatic rings. The normalized spacial score (nSPS) is 14.5. The van der Waals surface area contributed by atoms with Crippen molar-refractivity contribution >= 4 is 25.7 Å². The third-order valence-corrected chi connectivity index (χ3v) is 6.60. The van der Waals surface area contributed by atoms with Crippen LogP contribution in [-0.4, -0.2) is 64.9 Å². The number of nitrogens with one attached hydrogen (secondary N) is 1. The number of aliphatic hydroxyl groups excluding tert-OH is 1. The first-order valence-corrected chi connectivity index (χ1v) is 15.1. The summed E-state index contributed by atoms with van der Waals surface area (Å²) in [6, 6.07) is -1.53. The summed E-state index contributed by atoms with van der Waals surface area (Å²) < 4.78 is 26.3. The maximum absolute atomic E-state index is 12.0. The molecule has 12 heteroatoms. The van der Waals surface area contributed by atoms with Crippen LogP contribution >= 0.6 is 7.82 Å². The average Bonchev–Trinajstić information content (AvgIpc) is 2.85. The number of hydrogen-bond acceptors (Lipinski definition) is 8. The van der Waals surface area contributed by atoms with Crippen LogP contribution in [0, 0.1) is 0 Å². The molecule has 0 saturated carbocycles. The summed E-state index contributed by atoms with van der Waals surface area (Å²) >= 11 is 0. The number of amides is 1. The molecular weight excluding hydrogens is 505 g/mol. The number of ether oxygens (including phenoxy) is 1. The molecule has 4 N–H and O–H groups in total. The number of aliphatic hydroxyl groups is 1. The quantitative estimate of drug-likeness (QED) is 0.0718. The van der Waals surface area contributed by atoms with Gasteiger partial charge in [-0.3, -0.25) is 18.6 Å². The van der Waals surface area contributed by atoms with Crippen LogP contribution in [-0.2, 0) is 32.7 Å². The number of esters is 1. The first kappa shape index (κ1) is 35.5. The Morgan fingerprint density at radius 3 is 1.78 bits per heavy atom. The van der Waals surface area contributed by atoms with E-state index in [1.165, 1.54) is 19.3 Å². The highest BCUT2D eigenvalue weighted by Crippen LogP contribution is 2.43. The Labute approximate surface area is 221 Å². The molecule has 218 valence electrons. The number of carbonyl (C=O) groups excluding carboxylic acids is 2. The summed E-state index contributed by atoms with van der Waals surface area (Å²) in [6.07, 6.45) is 12.2. The maximum Gasteiger partial charge on any atom is 0.472 e. The SMILES string of the molecule is CCCCCCCCCC(=O)OCC(O)COP(=O)(O)OCC(NC(=O)CCCCCCCC)C(=O)O. The molecule has 0 heterocycles. The predicted molar refractivity (Wildman–Crippen MR) is 139 cm³/mol. The number of carboxylic acid groups (broad SMARTS) is 1. The Balaban J connectivity index is 4.14. The van der Waals surface area contributed by atoms with E-state index in [0.717, 1.165) is 51.4 Å². The fourth-order valence-electron chi connectivity index (χ4n) is 3.43. The summed E-state index contributed by atoms with van der Waals surface area (Å²) in [4.78, 5) is 44.9. The van der Waals surface area contributed by atoms with E-state index in [1.807, 2.05) is 0 Å². The zero-order valence-corrected chi connectivity index (χ0v) is 23.4. The maximum atomic E-state index is 12.0. The minimum absolute atomic E-state index is 0.146. The smallest absolute Gasteiger partial charge is 0.472 e. The number of phosphoric ester groups is 1. The van der Waals surface area contributed by atoms with Gasteiger partial charge in [-0.25, -0.2) is 9.36 Å². The van der Waals surface area contributed by atoms with Crippen LogP contribution < -0.4 is 5.32 Å². The molecule has 0 aromatic heterocycles. The van der Waals surface area contributed by atoms with E-state index < -0.39 is 57.6 Å². The first-order valence-electron chi connectivity index (χ1n) is 13.6. The molecule has 11 nitrogen and oxygen atoms in total. The van der Waals surface area contributed by atoms with Gasteiger partial charge in [0, 0.05) is 12.8 Å². The van der Waals surface area contributed by atoms with Crippen molar-refractivity contribution in [2.24, 2.45) is 0 Å². The molecule has 0 bridgehead atoms. The van der Waals surface area contributed by atoms with Crippen LogP contribution in [0.4, 0.5) is 0 Å². The number of hydrogen-bond donors (Lipinski definition) is 4. The van der Waals surface area contributed by atoms with Gasteiger partial charge in [-0.15, -0.1) is 0 Å². The molecule has 0 radical (unpaired) electrons. The molecule has 0 aromatic rings. The fraction of sp³-hybridized carbons (Fsp3) is 0.880. The van der Waals surface area contributed by atoms with Crippen LogP contribution in [0.3, 0.4) is 0 Å². The largest absolute Gasteiger partial charge is 0.480 e. The van der Waals surface area contributed by atoms with Crippen molar-refractivity contribution in [1.29, 1.82) is 0 Å². The van der Waals surface area contributed by atoms with Crippen molar-refractivity contribution in [3.8, 4) is 0 Å². The van der Waals surface area contributed by atoms with Gasteiger partial charge in [0.05, 0.1) is 13.2 Å². The second-order valence-corrected chi connectivity index (χ2v) is 10.7. The van der Waals surface area contributed by atoms with Crippen molar-refractivity contribution < 1.29 is 47.8 Å². The number of aliphatic carboxylic acids is 1. The molecule has 3 unspecified atom stereocenters. The van der Waals surface area contributed by atoms with E-state index in [0.29, 0.717) is 12.8 Å². The molecule has 0 aliphatic heterocycles. The molecule has 0 fully saturated rings. The van der Waals surface area contributed by atoms with Gasteiger partial charge in [-0.1, -0.05) is 84.5 Å². The van der Waals surface area contributed by atoms with Gasteiger partial charge in [0.1, 0.15) is 12.7 Å². The van der Waals surface area contributed by atoms with E-state index >= 15 is 0 Å². The van der Waals surface area contributed by atoms with Crippen molar-refractivity contribution in [2.45, 2.75) is 122 Å². The van der Waals surface area contributed by atoms with Gasteiger partial charge in [0.15, 0.2) is 6.04 Å². The monoisotopic (exact) mass is 553 g/mol. The van der Waals surface area contributed by atoms with Crippen LogP contribution in [0.1, 0.15) is 110 Å². The van der Waals surface area contributed by atoms with Gasteiger partial charge < -0.3 is 25.2 Å². The second kappa shape index (κ2) is 22.5. The lowest BCUT2D eigenvalue weighted by atomic mass is 10.1. The Hall–Kier alpha value is -1.52. The Bertz CT molecular complexity index is 676. The van der Waals surface area contributed by atoms with E-state index in [-0.39, 0.29) is 12.8 Å². The lowest BCUT2D eigenvalue weighted by molar-refractivity contribution is -0.147. The highest BCUT2D eigenvalue weighted by atomic mass is 31.2. The van der Waals surface area contributed by atoms with Crippen molar-refractivity contribution in [1.82, 2.24) is 5.32 Å². The minimum atomic E-state index is -4.72. The number of unbranched alkanes of at least 4 members (excludes halogenated alkanes) is 11. The number of carbonyl (C=O) groups is 3. The van der Waals surface area contributed by atoms with Crippen LogP contribution in [0.15, 0.2) is 0 Å². The zero-order chi connectivity index (χ0) is 27.9. The number of phosphoric acid groups is 1. The van der Waals surface area contributed by atoms with Gasteiger partial charge in [-0.05, 0) is 12.8 Å². The van der Waals surface area contributed by atoms with Gasteiger partial charge in [-0.2, -0.15) is 0 Å². The summed E-state index contributed by atoms with van der Waals surface area (Å²) in [7, 11) is -4.72. The van der Waals surface area contributed by atoms with E-state index in [4.69, 9.17) is 4.74 Å². The van der Waals surface area contributed by atoms with Gasteiger partial charge in [0.25, 0.3) is 0 Å². The van der Waals surface area contributed by atoms with Crippen molar-refractivity contribution in [3.05, 3.63) is 0 Å². The zero-order valence-electron chi connectivity index (χ0n) is 22.5. The van der Waals surface area contributed by atoms with E-state index in [9.17, 15) is 34.1 Å². The lowest BCUT2D eigenvalue weighted by Gasteiger charge is -2.18. The summed E-state index contributed by atoms with van der Waals surface area (Å²) in [5, 5.41) is 21.4. The minimum Gasteiger partial charge on any atom is -0.480 e. The third-order valence-electron chi connectivity index (χ3n) is 5.65. The molecule has 0 aliphatic carbocycles. The van der Waals surface area contributed by atoms with E-state index in [2.05, 4.69) is 28.2 Å². The highest BCUT2D eigenvalue weighted by molar-refractivity contribution is 7.47. The topological polar surface area (TPSA) is 169 Å². The Morgan fingerprint density at radius 1 is 0.757 bits per heavy atom. The molecule has 0 aromatic carbocycles. The summed E-state index contributed by atoms with van der Waals surface area (Å²) in [6.45, 7) is 2.38. The fourth-order valence-corrected chi connectivity index (χ4v) is 4.20. The molecule has 37 heavy (non-hydrogen) atoms. The molecule has 3 atom stereocenters. The molecule has 0 spiro atoms. The molecule has 0 saturated heterocycles. The number of carboxylic acids is 1. The molecule has 0 rings (SSSR count). The van der Waals surface area contributed by atoms with Gasteiger partial charge >= 0.3 is 19.8 Å². The molecule has 1 amide bonds. The second-order valence-electron chi connectivity index (χ2n) is 9.24. The lowest BCUT2D eigenvalue weighted by Crippen LogP contribution is -2.43. The predicted octanol–water partition coefficient (Wildman–Crippen LogP) is 4.48. The van der Waals surface area contributed by atoms with Crippen LogP contribution in [0.2, 0.25) is 0 Å². The summed E-state index contributed by atoms with van der Waals surface area (Å²) in [5.74, 6) is -2.39. The van der Waals surface area contributed by atoms with Crippen molar-refractivity contribution in [2.75, 3.05) is 19.8 Å². The summed E-state index contributed by atoms with van der Waals surface area (Å²) in [5.41, 5.74) is 0. The third kappa shape index (κ3) is 22.2. The van der Waals surface area contributed by atoms with Crippen LogP contribution in [0.5, 0.6) is 0 Å². The highest BCUT2D eigenvalue weighted by Gasteiger charge is 2.28. The number of rotatable bonds is 25. The van der Waals surface area contributed by atoms with E-state index in [1.54, 1.807) is 0 Å². The Morgan fingerprint density at radius 2 is 1.24 bits per heavy atom.